The van der Waals surface area contributed by atoms with Crippen LogP contribution in [0.2, 0.25) is 5.02 Å². The molecule has 18 heavy (non-hydrogen) atoms. The van der Waals surface area contributed by atoms with Crippen molar-refractivity contribution >= 4 is 11.6 Å². The number of hydrogen-bond acceptors (Lipinski definition) is 2. The fraction of sp³-hybridized carbons (Fsp3) is 0.200. The second-order valence-electron chi connectivity index (χ2n) is 3.96. The van der Waals surface area contributed by atoms with E-state index in [1.807, 2.05) is 42.5 Å². The van der Waals surface area contributed by atoms with Crippen LogP contribution in [0, 0.1) is 0 Å². The standard InChI is InChI=1S/C15H16ClNO/c16-14-6-8-15(9-7-14)18-11-10-17-12-13-4-2-1-3-5-13/h1-9,17H,10-12H2. The van der Waals surface area contributed by atoms with Crippen LogP contribution in [0.5, 0.6) is 5.75 Å². The molecule has 2 nitrogen and oxygen atoms in total. The second-order valence-corrected chi connectivity index (χ2v) is 4.40. The molecule has 0 saturated heterocycles. The minimum absolute atomic E-state index is 0.647. The van der Waals surface area contributed by atoms with E-state index >= 15 is 0 Å². The van der Waals surface area contributed by atoms with Gasteiger partial charge in [-0.1, -0.05) is 41.9 Å². The summed E-state index contributed by atoms with van der Waals surface area (Å²) < 4.78 is 5.58. The Morgan fingerprint density at radius 3 is 2.39 bits per heavy atom. The first-order chi connectivity index (χ1) is 8.84. The molecule has 0 radical (unpaired) electrons. The fourth-order valence-electron chi connectivity index (χ4n) is 1.60. The Balaban J connectivity index is 1.63. The molecule has 0 aliphatic carbocycles. The fourth-order valence-corrected chi connectivity index (χ4v) is 1.73. The number of hydrogen-bond donors (Lipinski definition) is 1. The van der Waals surface area contributed by atoms with Crippen molar-refractivity contribution in [2.75, 3.05) is 13.2 Å². The van der Waals surface area contributed by atoms with Crippen molar-refractivity contribution in [1.82, 2.24) is 5.32 Å². The molecule has 2 aromatic rings. The van der Waals surface area contributed by atoms with Crippen molar-refractivity contribution in [3.63, 3.8) is 0 Å². The van der Waals surface area contributed by atoms with Crippen LogP contribution in [-0.2, 0) is 6.54 Å². The lowest BCUT2D eigenvalue weighted by Gasteiger charge is -2.07. The zero-order valence-corrected chi connectivity index (χ0v) is 10.9. The van der Waals surface area contributed by atoms with Gasteiger partial charge in [0.15, 0.2) is 0 Å². The number of nitrogens with one attached hydrogen (secondary N) is 1. The highest BCUT2D eigenvalue weighted by Crippen LogP contribution is 2.15. The van der Waals surface area contributed by atoms with Gasteiger partial charge >= 0.3 is 0 Å². The molecule has 0 amide bonds. The van der Waals surface area contributed by atoms with Crippen LogP contribution in [0.1, 0.15) is 5.56 Å². The lowest BCUT2D eigenvalue weighted by Crippen LogP contribution is -2.20. The number of ether oxygens (including phenoxy) is 1. The summed E-state index contributed by atoms with van der Waals surface area (Å²) in [6.45, 7) is 2.33. The van der Waals surface area contributed by atoms with E-state index in [9.17, 15) is 0 Å². The lowest BCUT2D eigenvalue weighted by atomic mass is 10.2. The van der Waals surface area contributed by atoms with E-state index in [4.69, 9.17) is 16.3 Å². The molecule has 0 saturated carbocycles. The van der Waals surface area contributed by atoms with E-state index < -0.39 is 0 Å². The van der Waals surface area contributed by atoms with Crippen LogP contribution in [0.4, 0.5) is 0 Å². The molecule has 0 heterocycles. The van der Waals surface area contributed by atoms with Crippen molar-refractivity contribution in [2.24, 2.45) is 0 Å². The average Bonchev–Trinajstić information content (AvgIpc) is 2.42. The van der Waals surface area contributed by atoms with Crippen LogP contribution in [0.25, 0.3) is 0 Å². The van der Waals surface area contributed by atoms with Crippen LogP contribution >= 0.6 is 11.6 Å². The van der Waals surface area contributed by atoms with Crippen molar-refractivity contribution < 1.29 is 4.74 Å². The Morgan fingerprint density at radius 1 is 0.944 bits per heavy atom. The summed E-state index contributed by atoms with van der Waals surface area (Å²) >= 11 is 5.80. The smallest absolute Gasteiger partial charge is 0.119 e. The predicted octanol–water partition coefficient (Wildman–Crippen LogP) is 3.51. The van der Waals surface area contributed by atoms with Gasteiger partial charge in [0.2, 0.25) is 0 Å². The maximum atomic E-state index is 5.80. The molecule has 0 aromatic heterocycles. The van der Waals surface area contributed by atoms with Crippen LogP contribution in [-0.4, -0.2) is 13.2 Å². The summed E-state index contributed by atoms with van der Waals surface area (Å²) in [5.41, 5.74) is 1.28. The Bertz CT molecular complexity index is 456. The molecule has 94 valence electrons. The van der Waals surface area contributed by atoms with Crippen molar-refractivity contribution in [1.29, 1.82) is 0 Å². The van der Waals surface area contributed by atoms with Crippen LogP contribution in [0.3, 0.4) is 0 Å². The minimum atomic E-state index is 0.647. The van der Waals surface area contributed by atoms with E-state index in [2.05, 4.69) is 17.4 Å². The van der Waals surface area contributed by atoms with E-state index in [1.54, 1.807) is 0 Å². The van der Waals surface area contributed by atoms with E-state index in [-0.39, 0.29) is 0 Å². The third-order valence-corrected chi connectivity index (χ3v) is 2.79. The first-order valence-electron chi connectivity index (χ1n) is 5.97. The summed E-state index contributed by atoms with van der Waals surface area (Å²) in [7, 11) is 0. The van der Waals surface area contributed by atoms with Gasteiger partial charge < -0.3 is 10.1 Å². The third-order valence-electron chi connectivity index (χ3n) is 2.53. The number of rotatable bonds is 6. The number of benzene rings is 2. The Labute approximate surface area is 113 Å². The average molecular weight is 262 g/mol. The second kappa shape index (κ2) is 7.04. The quantitative estimate of drug-likeness (QED) is 0.804. The molecule has 0 fully saturated rings. The maximum Gasteiger partial charge on any atom is 0.119 e. The van der Waals surface area contributed by atoms with E-state index in [1.165, 1.54) is 5.56 Å². The van der Waals surface area contributed by atoms with Crippen LogP contribution < -0.4 is 10.1 Å². The molecule has 2 rings (SSSR count). The van der Waals surface area contributed by atoms with E-state index in [0.29, 0.717) is 6.61 Å². The van der Waals surface area contributed by atoms with Crippen molar-refractivity contribution in [3.05, 3.63) is 65.2 Å². The summed E-state index contributed by atoms with van der Waals surface area (Å²) in [6, 6.07) is 17.7. The Kier molecular flexibility index (Phi) is 5.06. The monoisotopic (exact) mass is 261 g/mol. The highest BCUT2D eigenvalue weighted by atomic mass is 35.5. The normalized spacial score (nSPS) is 10.3. The maximum absolute atomic E-state index is 5.80. The van der Waals surface area contributed by atoms with Crippen molar-refractivity contribution in [2.45, 2.75) is 6.54 Å². The molecule has 0 aliphatic rings. The van der Waals surface area contributed by atoms with Gasteiger partial charge in [-0.05, 0) is 29.8 Å². The Hall–Kier alpha value is -1.51. The number of halogens is 1. The van der Waals surface area contributed by atoms with Crippen LogP contribution in [0.15, 0.2) is 54.6 Å². The molecule has 0 aliphatic heterocycles. The molecule has 0 unspecified atom stereocenters. The summed E-state index contributed by atoms with van der Waals surface area (Å²) in [5, 5.41) is 4.06. The SMILES string of the molecule is Clc1ccc(OCCNCc2ccccc2)cc1. The molecule has 3 heteroatoms. The van der Waals surface area contributed by atoms with Gasteiger partial charge in [0, 0.05) is 18.1 Å². The van der Waals surface area contributed by atoms with E-state index in [0.717, 1.165) is 23.9 Å². The predicted molar refractivity (Wildman–Crippen MR) is 75.1 cm³/mol. The highest BCUT2D eigenvalue weighted by Gasteiger charge is 1.94. The van der Waals surface area contributed by atoms with Crippen molar-refractivity contribution in [3.8, 4) is 5.75 Å². The largest absolute Gasteiger partial charge is 0.492 e. The molecular weight excluding hydrogens is 246 g/mol. The molecule has 0 bridgehead atoms. The highest BCUT2D eigenvalue weighted by molar-refractivity contribution is 6.30. The molecule has 1 N–H and O–H groups in total. The van der Waals surface area contributed by atoms with Gasteiger partial charge in [-0.15, -0.1) is 0 Å². The molecule has 0 atom stereocenters. The summed E-state index contributed by atoms with van der Waals surface area (Å²) in [6.07, 6.45) is 0. The van der Waals surface area contributed by atoms with Gasteiger partial charge in [0.1, 0.15) is 12.4 Å². The zero-order chi connectivity index (χ0) is 12.6. The Morgan fingerprint density at radius 2 is 1.67 bits per heavy atom. The van der Waals surface area contributed by atoms with Gasteiger partial charge in [0.05, 0.1) is 0 Å². The first kappa shape index (κ1) is 12.9. The third kappa shape index (κ3) is 4.40. The first-order valence-corrected chi connectivity index (χ1v) is 6.35. The van der Waals surface area contributed by atoms with Gasteiger partial charge in [0.25, 0.3) is 0 Å². The van der Waals surface area contributed by atoms with Gasteiger partial charge in [-0.3, -0.25) is 0 Å². The van der Waals surface area contributed by atoms with Gasteiger partial charge in [-0.25, -0.2) is 0 Å². The summed E-state index contributed by atoms with van der Waals surface area (Å²) in [4.78, 5) is 0. The van der Waals surface area contributed by atoms with Gasteiger partial charge in [-0.2, -0.15) is 0 Å². The topological polar surface area (TPSA) is 21.3 Å². The minimum Gasteiger partial charge on any atom is -0.492 e. The molecule has 2 aromatic carbocycles. The molecule has 0 spiro atoms. The lowest BCUT2D eigenvalue weighted by molar-refractivity contribution is 0.313. The summed E-state index contributed by atoms with van der Waals surface area (Å²) in [5.74, 6) is 0.848. The molecular formula is C15H16ClNO. The zero-order valence-electron chi connectivity index (χ0n) is 10.1.